The van der Waals surface area contributed by atoms with Crippen molar-refractivity contribution >= 4 is 27.5 Å². The summed E-state index contributed by atoms with van der Waals surface area (Å²) in [6.07, 6.45) is 4.72. The molecular formula is C14H18BrFN2O. The number of amides is 1. The van der Waals surface area contributed by atoms with E-state index >= 15 is 0 Å². The normalized spacial score (nSPS) is 17.4. The van der Waals surface area contributed by atoms with Gasteiger partial charge in [-0.15, -0.1) is 0 Å². The number of halogens is 2. The molecule has 0 spiro atoms. The summed E-state index contributed by atoms with van der Waals surface area (Å²) in [4.78, 5) is 12.1. The average Bonchev–Trinajstić information content (AvgIpc) is 2.78. The maximum atomic E-state index is 13.2. The predicted molar refractivity (Wildman–Crippen MR) is 77.4 cm³/mol. The van der Waals surface area contributed by atoms with Crippen LogP contribution in [0.15, 0.2) is 16.6 Å². The van der Waals surface area contributed by atoms with Crippen LogP contribution < -0.4 is 11.1 Å². The van der Waals surface area contributed by atoms with Crippen molar-refractivity contribution in [3.63, 3.8) is 0 Å². The molecule has 1 saturated carbocycles. The van der Waals surface area contributed by atoms with Gasteiger partial charge in [0.1, 0.15) is 5.82 Å². The number of nitrogens with two attached hydrogens (primary N) is 1. The summed E-state index contributed by atoms with van der Waals surface area (Å²) in [6.45, 7) is 2.84. The van der Waals surface area contributed by atoms with Gasteiger partial charge in [0, 0.05) is 11.0 Å². The number of anilines is 1. The maximum absolute atomic E-state index is 13.2. The van der Waals surface area contributed by atoms with Gasteiger partial charge in [0.05, 0.1) is 11.3 Å². The molecule has 3 N–H and O–H groups in total. The molecule has 19 heavy (non-hydrogen) atoms. The molecule has 0 aliphatic heterocycles. The van der Waals surface area contributed by atoms with Crippen LogP contribution in [0.4, 0.5) is 10.1 Å². The highest BCUT2D eigenvalue weighted by atomic mass is 79.9. The van der Waals surface area contributed by atoms with Gasteiger partial charge in [0.15, 0.2) is 0 Å². The Balaban J connectivity index is 2.06. The first kappa shape index (κ1) is 14.3. The van der Waals surface area contributed by atoms with Gasteiger partial charge in [0.2, 0.25) is 0 Å². The van der Waals surface area contributed by atoms with E-state index in [-0.39, 0.29) is 17.0 Å². The van der Waals surface area contributed by atoms with E-state index in [1.807, 2.05) is 0 Å². The van der Waals surface area contributed by atoms with Crippen LogP contribution in [0.5, 0.6) is 0 Å². The van der Waals surface area contributed by atoms with E-state index in [1.165, 1.54) is 25.0 Å². The Hall–Kier alpha value is -1.10. The molecule has 5 heteroatoms. The fraction of sp³-hybridized carbons (Fsp3) is 0.500. The molecule has 2 rings (SSSR count). The topological polar surface area (TPSA) is 55.1 Å². The van der Waals surface area contributed by atoms with E-state index in [0.29, 0.717) is 16.6 Å². The molecule has 104 valence electrons. The first-order valence-electron chi connectivity index (χ1n) is 6.44. The fourth-order valence-corrected chi connectivity index (χ4v) is 3.03. The standard InChI is InChI=1S/C14H18BrFN2O/c1-14(4-2-3-5-14)8-18-13(19)9-6-12(17)11(16)7-10(9)15/h6-7H,2-5,8,17H2,1H3,(H,18,19). The molecular weight excluding hydrogens is 311 g/mol. The highest BCUT2D eigenvalue weighted by Gasteiger charge is 2.29. The minimum Gasteiger partial charge on any atom is -0.396 e. The highest BCUT2D eigenvalue weighted by molar-refractivity contribution is 9.10. The van der Waals surface area contributed by atoms with Crippen LogP contribution >= 0.6 is 15.9 Å². The second-order valence-electron chi connectivity index (χ2n) is 5.55. The molecule has 0 aromatic heterocycles. The van der Waals surface area contributed by atoms with Crippen molar-refractivity contribution in [1.29, 1.82) is 0 Å². The van der Waals surface area contributed by atoms with Crippen molar-refractivity contribution in [2.45, 2.75) is 32.6 Å². The first-order chi connectivity index (χ1) is 8.91. The van der Waals surface area contributed by atoms with E-state index in [0.717, 1.165) is 12.8 Å². The summed E-state index contributed by atoms with van der Waals surface area (Å²) in [5, 5.41) is 2.92. The van der Waals surface area contributed by atoms with Crippen LogP contribution in [0.2, 0.25) is 0 Å². The number of nitrogen functional groups attached to an aromatic ring is 1. The molecule has 1 aliphatic carbocycles. The van der Waals surface area contributed by atoms with Crippen LogP contribution in [0.1, 0.15) is 43.0 Å². The zero-order chi connectivity index (χ0) is 14.0. The summed E-state index contributed by atoms with van der Waals surface area (Å²) < 4.78 is 13.7. The lowest BCUT2D eigenvalue weighted by Gasteiger charge is -2.23. The van der Waals surface area contributed by atoms with E-state index < -0.39 is 5.82 Å². The van der Waals surface area contributed by atoms with Crippen LogP contribution in [-0.2, 0) is 0 Å². The smallest absolute Gasteiger partial charge is 0.252 e. The van der Waals surface area contributed by atoms with Gasteiger partial charge in [0.25, 0.3) is 5.91 Å². The molecule has 1 aliphatic rings. The number of rotatable bonds is 3. The van der Waals surface area contributed by atoms with E-state index in [2.05, 4.69) is 28.2 Å². The van der Waals surface area contributed by atoms with Crippen molar-refractivity contribution in [1.82, 2.24) is 5.32 Å². The minimum atomic E-state index is -0.522. The Morgan fingerprint density at radius 3 is 2.74 bits per heavy atom. The number of carbonyl (C=O) groups is 1. The molecule has 0 radical (unpaired) electrons. The third-order valence-corrected chi connectivity index (χ3v) is 4.47. The second kappa shape index (κ2) is 5.49. The number of hydrogen-bond acceptors (Lipinski definition) is 2. The molecule has 0 unspecified atom stereocenters. The minimum absolute atomic E-state index is 0.0135. The zero-order valence-electron chi connectivity index (χ0n) is 10.9. The summed E-state index contributed by atoms with van der Waals surface area (Å²) in [6, 6.07) is 2.59. The quantitative estimate of drug-likeness (QED) is 0.834. The van der Waals surface area contributed by atoms with E-state index in [9.17, 15) is 9.18 Å². The maximum Gasteiger partial charge on any atom is 0.252 e. The van der Waals surface area contributed by atoms with E-state index in [4.69, 9.17) is 5.73 Å². The zero-order valence-corrected chi connectivity index (χ0v) is 12.5. The summed E-state index contributed by atoms with van der Waals surface area (Å²) in [5.41, 5.74) is 6.05. The van der Waals surface area contributed by atoms with Crippen LogP contribution in [0.3, 0.4) is 0 Å². The van der Waals surface area contributed by atoms with Gasteiger partial charge in [-0.05, 0) is 46.3 Å². The Kier molecular flexibility index (Phi) is 4.13. The molecule has 1 aromatic carbocycles. The highest BCUT2D eigenvalue weighted by Crippen LogP contribution is 2.36. The Morgan fingerprint density at radius 1 is 1.47 bits per heavy atom. The average molecular weight is 329 g/mol. The van der Waals surface area contributed by atoms with Crippen molar-refractivity contribution in [3.05, 3.63) is 28.0 Å². The van der Waals surface area contributed by atoms with Crippen molar-refractivity contribution in [2.24, 2.45) is 5.41 Å². The number of benzene rings is 1. The van der Waals surface area contributed by atoms with Gasteiger partial charge in [-0.2, -0.15) is 0 Å². The lowest BCUT2D eigenvalue weighted by molar-refractivity contribution is 0.0933. The monoisotopic (exact) mass is 328 g/mol. The summed E-state index contributed by atoms with van der Waals surface area (Å²) >= 11 is 3.19. The van der Waals surface area contributed by atoms with Gasteiger partial charge in [-0.1, -0.05) is 19.8 Å². The van der Waals surface area contributed by atoms with Crippen molar-refractivity contribution < 1.29 is 9.18 Å². The largest absolute Gasteiger partial charge is 0.396 e. The van der Waals surface area contributed by atoms with Crippen LogP contribution in [-0.4, -0.2) is 12.5 Å². The molecule has 1 amide bonds. The number of carbonyl (C=O) groups excluding carboxylic acids is 1. The van der Waals surface area contributed by atoms with Crippen molar-refractivity contribution in [3.8, 4) is 0 Å². The Morgan fingerprint density at radius 2 is 2.11 bits per heavy atom. The molecule has 0 atom stereocenters. The van der Waals surface area contributed by atoms with Crippen molar-refractivity contribution in [2.75, 3.05) is 12.3 Å². The van der Waals surface area contributed by atoms with Crippen LogP contribution in [0, 0.1) is 11.2 Å². The first-order valence-corrected chi connectivity index (χ1v) is 7.23. The lowest BCUT2D eigenvalue weighted by Crippen LogP contribution is -2.34. The van der Waals surface area contributed by atoms with Gasteiger partial charge in [-0.25, -0.2) is 4.39 Å². The third-order valence-electron chi connectivity index (χ3n) is 3.82. The predicted octanol–water partition coefficient (Wildman–Crippen LogP) is 3.48. The molecule has 1 aromatic rings. The fourth-order valence-electron chi connectivity index (χ4n) is 2.53. The second-order valence-corrected chi connectivity index (χ2v) is 6.41. The molecule has 0 saturated heterocycles. The molecule has 0 heterocycles. The molecule has 0 bridgehead atoms. The number of nitrogens with one attached hydrogen (secondary N) is 1. The Bertz CT molecular complexity index is 498. The third kappa shape index (κ3) is 3.26. The van der Waals surface area contributed by atoms with Gasteiger partial charge in [-0.3, -0.25) is 4.79 Å². The van der Waals surface area contributed by atoms with Gasteiger partial charge >= 0.3 is 0 Å². The van der Waals surface area contributed by atoms with Gasteiger partial charge < -0.3 is 11.1 Å². The molecule has 1 fully saturated rings. The summed E-state index contributed by atoms with van der Waals surface area (Å²) in [5.74, 6) is -0.738. The van der Waals surface area contributed by atoms with E-state index in [1.54, 1.807) is 0 Å². The molecule has 3 nitrogen and oxygen atoms in total. The lowest BCUT2D eigenvalue weighted by atomic mass is 9.89. The Labute approximate surface area is 120 Å². The summed E-state index contributed by atoms with van der Waals surface area (Å²) in [7, 11) is 0. The number of hydrogen-bond donors (Lipinski definition) is 2. The SMILES string of the molecule is CC1(CNC(=O)c2cc(N)c(F)cc2Br)CCCC1. The van der Waals surface area contributed by atoms with Crippen LogP contribution in [0.25, 0.3) is 0 Å².